The van der Waals surface area contributed by atoms with Crippen molar-refractivity contribution in [3.05, 3.63) is 81.1 Å². The number of aromatic nitrogens is 1. The molecule has 0 amide bonds. The number of nitriles is 1. The second kappa shape index (κ2) is 6.61. The molecule has 0 saturated heterocycles. The molecule has 4 heteroatoms. The molecule has 4 rings (SSSR count). The number of aryl methyl sites for hydroxylation is 1. The second-order valence-electron chi connectivity index (χ2n) is 8.26. The molecular formula is C24H25N3O. The maximum absolute atomic E-state index is 12.2. The smallest absolute Gasteiger partial charge is 0.251 e. The van der Waals surface area contributed by atoms with Crippen LogP contribution >= 0.6 is 0 Å². The van der Waals surface area contributed by atoms with Gasteiger partial charge in [0.2, 0.25) is 0 Å². The van der Waals surface area contributed by atoms with Crippen molar-refractivity contribution >= 4 is 10.9 Å². The van der Waals surface area contributed by atoms with E-state index in [4.69, 9.17) is 5.73 Å². The van der Waals surface area contributed by atoms with Crippen LogP contribution in [0.3, 0.4) is 0 Å². The fourth-order valence-electron chi connectivity index (χ4n) is 3.88. The molecular weight excluding hydrogens is 346 g/mol. The average molecular weight is 371 g/mol. The summed E-state index contributed by atoms with van der Waals surface area (Å²) >= 11 is 0. The van der Waals surface area contributed by atoms with Crippen LogP contribution in [0.15, 0.2) is 53.3 Å². The van der Waals surface area contributed by atoms with Gasteiger partial charge in [0.15, 0.2) is 0 Å². The first-order valence-electron chi connectivity index (χ1n) is 9.83. The van der Waals surface area contributed by atoms with Crippen LogP contribution in [0, 0.1) is 11.3 Å². The highest BCUT2D eigenvalue weighted by molar-refractivity contribution is 5.80. The maximum Gasteiger partial charge on any atom is 0.251 e. The van der Waals surface area contributed by atoms with Gasteiger partial charge >= 0.3 is 0 Å². The molecule has 0 radical (unpaired) electrons. The first-order valence-corrected chi connectivity index (χ1v) is 9.83. The van der Waals surface area contributed by atoms with Crippen LogP contribution in [0.4, 0.5) is 0 Å². The van der Waals surface area contributed by atoms with E-state index in [0.717, 1.165) is 46.0 Å². The van der Waals surface area contributed by atoms with Gasteiger partial charge in [0.05, 0.1) is 11.5 Å². The largest absolute Gasteiger partial charge is 0.322 e. The predicted molar refractivity (Wildman–Crippen MR) is 112 cm³/mol. The van der Waals surface area contributed by atoms with Crippen LogP contribution in [0.2, 0.25) is 0 Å². The monoisotopic (exact) mass is 371 g/mol. The van der Waals surface area contributed by atoms with Crippen molar-refractivity contribution in [3.63, 3.8) is 0 Å². The molecule has 1 fully saturated rings. The number of pyridine rings is 1. The Bertz CT molecular complexity index is 1150. The van der Waals surface area contributed by atoms with Gasteiger partial charge < -0.3 is 10.7 Å². The van der Waals surface area contributed by atoms with Crippen molar-refractivity contribution < 1.29 is 0 Å². The summed E-state index contributed by atoms with van der Waals surface area (Å²) in [6, 6.07) is 18.7. The van der Waals surface area contributed by atoms with Gasteiger partial charge in [-0.05, 0) is 66.8 Å². The Kier molecular flexibility index (Phi) is 4.36. The highest BCUT2D eigenvalue weighted by atomic mass is 16.1. The van der Waals surface area contributed by atoms with Crippen LogP contribution < -0.4 is 11.3 Å². The first kappa shape index (κ1) is 18.5. The molecule has 4 nitrogen and oxygen atoms in total. The van der Waals surface area contributed by atoms with E-state index in [0.29, 0.717) is 12.8 Å². The summed E-state index contributed by atoms with van der Waals surface area (Å²) in [6.07, 6.45) is 3.33. The van der Waals surface area contributed by atoms with Gasteiger partial charge in [0.25, 0.3) is 5.56 Å². The number of nitrogens with zero attached hydrogens (tertiary/aromatic N) is 1. The SMILES string of the molecule is CCc1cc2ccc(C(C)(C#N)Cc3cccc(C4(N)CC4)c3)cc2[nH]c1=O. The summed E-state index contributed by atoms with van der Waals surface area (Å²) in [4.78, 5) is 15.2. The first-order chi connectivity index (χ1) is 13.4. The van der Waals surface area contributed by atoms with Gasteiger partial charge in [-0.15, -0.1) is 0 Å². The van der Waals surface area contributed by atoms with Crippen LogP contribution in [0.1, 0.15) is 48.9 Å². The topological polar surface area (TPSA) is 82.7 Å². The van der Waals surface area contributed by atoms with E-state index in [1.54, 1.807) is 0 Å². The standard InChI is InChI=1S/C24H25N3O/c1-3-17-12-18-7-8-19(13-21(18)27-22(17)28)23(2,15-25)14-16-5-4-6-20(11-16)24(26)9-10-24/h4-8,11-13H,3,9-10,14,26H2,1-2H3,(H,27,28). The zero-order chi connectivity index (χ0) is 19.9. The number of fused-ring (bicyclic) bond motifs is 1. The summed E-state index contributed by atoms with van der Waals surface area (Å²) in [5.41, 5.74) is 10.1. The summed E-state index contributed by atoms with van der Waals surface area (Å²) < 4.78 is 0. The van der Waals surface area contributed by atoms with Crippen molar-refractivity contribution in [2.45, 2.75) is 50.5 Å². The fourth-order valence-corrected chi connectivity index (χ4v) is 3.88. The summed E-state index contributed by atoms with van der Waals surface area (Å²) in [7, 11) is 0. The van der Waals surface area contributed by atoms with Crippen LogP contribution in [-0.4, -0.2) is 4.98 Å². The Labute approximate surface area is 165 Å². The third-order valence-electron chi connectivity index (χ3n) is 6.04. The number of nitrogens with one attached hydrogen (secondary N) is 1. The maximum atomic E-state index is 12.2. The quantitative estimate of drug-likeness (QED) is 0.709. The lowest BCUT2D eigenvalue weighted by molar-refractivity contribution is 0.605. The molecule has 1 atom stereocenters. The van der Waals surface area contributed by atoms with E-state index in [9.17, 15) is 10.1 Å². The second-order valence-corrected chi connectivity index (χ2v) is 8.26. The van der Waals surface area contributed by atoms with E-state index in [1.165, 1.54) is 0 Å². The number of H-pyrrole nitrogens is 1. The Hall–Kier alpha value is -2.90. The zero-order valence-electron chi connectivity index (χ0n) is 16.4. The van der Waals surface area contributed by atoms with E-state index in [-0.39, 0.29) is 11.1 Å². The fraction of sp³-hybridized carbons (Fsp3) is 0.333. The van der Waals surface area contributed by atoms with E-state index >= 15 is 0 Å². The van der Waals surface area contributed by atoms with Gasteiger partial charge in [0.1, 0.15) is 0 Å². The van der Waals surface area contributed by atoms with Crippen LogP contribution in [0.25, 0.3) is 10.9 Å². The Morgan fingerprint density at radius 3 is 2.68 bits per heavy atom. The normalized spacial score (nSPS) is 17.1. The Morgan fingerprint density at radius 2 is 2.00 bits per heavy atom. The summed E-state index contributed by atoms with van der Waals surface area (Å²) in [5.74, 6) is 0. The van der Waals surface area contributed by atoms with Gasteiger partial charge in [-0.25, -0.2) is 0 Å². The lowest BCUT2D eigenvalue weighted by Crippen LogP contribution is -2.24. The van der Waals surface area contributed by atoms with Crippen molar-refractivity contribution in [2.24, 2.45) is 5.73 Å². The van der Waals surface area contributed by atoms with E-state index in [2.05, 4.69) is 29.3 Å². The molecule has 142 valence electrons. The van der Waals surface area contributed by atoms with Gasteiger partial charge in [0, 0.05) is 16.6 Å². The average Bonchev–Trinajstić information content (AvgIpc) is 3.46. The van der Waals surface area contributed by atoms with Crippen molar-refractivity contribution in [1.29, 1.82) is 5.26 Å². The number of benzene rings is 2. The minimum absolute atomic E-state index is 0.0591. The molecule has 0 bridgehead atoms. The molecule has 3 N–H and O–H groups in total. The minimum atomic E-state index is -0.696. The number of aromatic amines is 1. The number of rotatable bonds is 5. The van der Waals surface area contributed by atoms with Crippen molar-refractivity contribution in [1.82, 2.24) is 4.98 Å². The van der Waals surface area contributed by atoms with Gasteiger partial charge in [-0.2, -0.15) is 5.26 Å². The minimum Gasteiger partial charge on any atom is -0.322 e. The number of hydrogen-bond donors (Lipinski definition) is 2. The van der Waals surface area contributed by atoms with Gasteiger partial charge in [-0.1, -0.05) is 43.3 Å². The van der Waals surface area contributed by atoms with E-state index in [1.807, 2.05) is 44.2 Å². The molecule has 1 aliphatic rings. The summed E-state index contributed by atoms with van der Waals surface area (Å²) in [5, 5.41) is 11.0. The highest BCUT2D eigenvalue weighted by Crippen LogP contribution is 2.43. The molecule has 1 saturated carbocycles. The molecule has 1 unspecified atom stereocenters. The molecule has 2 aromatic carbocycles. The van der Waals surface area contributed by atoms with Crippen molar-refractivity contribution in [2.75, 3.05) is 0 Å². The third kappa shape index (κ3) is 3.23. The zero-order valence-corrected chi connectivity index (χ0v) is 16.4. The lowest BCUT2D eigenvalue weighted by atomic mass is 9.78. The van der Waals surface area contributed by atoms with Crippen LogP contribution in [0.5, 0.6) is 0 Å². The summed E-state index contributed by atoms with van der Waals surface area (Å²) in [6.45, 7) is 3.92. The predicted octanol–water partition coefficient (Wildman–Crippen LogP) is 4.06. The van der Waals surface area contributed by atoms with Crippen LogP contribution in [-0.2, 0) is 23.8 Å². The molecule has 1 heterocycles. The molecule has 1 aromatic heterocycles. The molecule has 1 aliphatic carbocycles. The Morgan fingerprint density at radius 1 is 1.21 bits per heavy atom. The van der Waals surface area contributed by atoms with E-state index < -0.39 is 5.41 Å². The molecule has 0 spiro atoms. The molecule has 28 heavy (non-hydrogen) atoms. The van der Waals surface area contributed by atoms with Crippen molar-refractivity contribution in [3.8, 4) is 6.07 Å². The highest BCUT2D eigenvalue weighted by Gasteiger charge is 2.40. The molecule has 0 aliphatic heterocycles. The molecule has 3 aromatic rings. The number of nitrogens with two attached hydrogens (primary N) is 1. The Balaban J connectivity index is 1.71. The third-order valence-corrected chi connectivity index (χ3v) is 6.04. The lowest BCUT2D eigenvalue weighted by Gasteiger charge is -2.23. The number of hydrogen-bond acceptors (Lipinski definition) is 3. The van der Waals surface area contributed by atoms with Gasteiger partial charge in [-0.3, -0.25) is 4.79 Å².